The molecule has 0 aromatic heterocycles. The van der Waals surface area contributed by atoms with E-state index in [1.807, 2.05) is 0 Å². The van der Waals surface area contributed by atoms with Crippen LogP contribution in [0.5, 0.6) is 11.5 Å². The summed E-state index contributed by atoms with van der Waals surface area (Å²) in [5, 5.41) is 22.9. The van der Waals surface area contributed by atoms with Crippen molar-refractivity contribution in [3.63, 3.8) is 0 Å². The van der Waals surface area contributed by atoms with E-state index in [0.29, 0.717) is 0 Å². The minimum absolute atomic E-state index is 0.0219. The zero-order valence-electron chi connectivity index (χ0n) is 17.3. The van der Waals surface area contributed by atoms with Gasteiger partial charge in [-0.15, -0.1) is 0 Å². The number of anilines is 1. The molecule has 7 heteroatoms. The SMILES string of the molecule is CCOC(=O)C(Cc1ccc(O)cc1)Nc1ccc(O)c2c1C(=O)c1ccccc1C2=O. The van der Waals surface area contributed by atoms with Gasteiger partial charge in [-0.3, -0.25) is 9.59 Å². The summed E-state index contributed by atoms with van der Waals surface area (Å²) in [6.45, 7) is 1.86. The molecule has 1 atom stereocenters. The highest BCUT2D eigenvalue weighted by Gasteiger charge is 2.35. The molecule has 0 heterocycles. The fourth-order valence-corrected chi connectivity index (χ4v) is 3.82. The second-order valence-corrected chi connectivity index (χ2v) is 7.41. The Morgan fingerprint density at radius 3 is 2.16 bits per heavy atom. The quantitative estimate of drug-likeness (QED) is 0.316. The number of esters is 1. The van der Waals surface area contributed by atoms with Gasteiger partial charge in [0.15, 0.2) is 11.6 Å². The fraction of sp³-hybridized carbons (Fsp3) is 0.160. The first-order chi connectivity index (χ1) is 15.4. The highest BCUT2D eigenvalue weighted by atomic mass is 16.5. The molecule has 0 fully saturated rings. The number of carbonyl (C=O) groups is 3. The average Bonchev–Trinajstić information content (AvgIpc) is 2.79. The number of ketones is 2. The number of benzene rings is 3. The van der Waals surface area contributed by atoms with E-state index < -0.39 is 23.6 Å². The highest BCUT2D eigenvalue weighted by molar-refractivity contribution is 6.31. The topological polar surface area (TPSA) is 113 Å². The number of hydrogen-bond acceptors (Lipinski definition) is 7. The number of phenolic OH excluding ortho intramolecular Hbond substituents is 2. The first-order valence-electron chi connectivity index (χ1n) is 10.2. The van der Waals surface area contributed by atoms with Crippen molar-refractivity contribution in [3.05, 3.63) is 88.5 Å². The number of hydrogen-bond donors (Lipinski definition) is 3. The van der Waals surface area contributed by atoms with Crippen molar-refractivity contribution in [1.29, 1.82) is 0 Å². The Labute approximate surface area is 184 Å². The van der Waals surface area contributed by atoms with Crippen LogP contribution in [0.15, 0.2) is 60.7 Å². The van der Waals surface area contributed by atoms with Crippen LogP contribution < -0.4 is 5.32 Å². The van der Waals surface area contributed by atoms with Gasteiger partial charge in [-0.25, -0.2) is 4.79 Å². The first-order valence-corrected chi connectivity index (χ1v) is 10.2. The summed E-state index contributed by atoms with van der Waals surface area (Å²) in [5.74, 6) is -1.60. The molecule has 162 valence electrons. The van der Waals surface area contributed by atoms with Crippen LogP contribution >= 0.6 is 0 Å². The van der Waals surface area contributed by atoms with Crippen molar-refractivity contribution in [1.82, 2.24) is 0 Å². The number of ether oxygens (including phenoxy) is 1. The Balaban J connectivity index is 1.75. The summed E-state index contributed by atoms with van der Waals surface area (Å²) in [6, 6.07) is 14.7. The Bertz CT molecular complexity index is 1220. The fourth-order valence-electron chi connectivity index (χ4n) is 3.82. The molecule has 3 aromatic carbocycles. The van der Waals surface area contributed by atoms with Gasteiger partial charge in [0.05, 0.1) is 17.7 Å². The lowest BCUT2D eigenvalue weighted by Gasteiger charge is -2.24. The van der Waals surface area contributed by atoms with Crippen LogP contribution in [0.4, 0.5) is 5.69 Å². The molecule has 7 nitrogen and oxygen atoms in total. The largest absolute Gasteiger partial charge is 0.508 e. The number of phenols is 2. The standard InChI is InChI=1S/C25H21NO6/c1-2-32-25(31)19(13-14-7-9-15(27)10-8-14)26-18-11-12-20(28)22-21(18)23(29)16-5-3-4-6-17(16)24(22)30/h3-12,19,26-28H,2,13H2,1H3. The van der Waals surface area contributed by atoms with E-state index in [1.54, 1.807) is 43.3 Å². The van der Waals surface area contributed by atoms with E-state index in [4.69, 9.17) is 4.74 Å². The van der Waals surface area contributed by atoms with Crippen molar-refractivity contribution in [2.45, 2.75) is 19.4 Å². The van der Waals surface area contributed by atoms with Crippen LogP contribution in [0.3, 0.4) is 0 Å². The molecule has 1 aliphatic rings. The van der Waals surface area contributed by atoms with E-state index in [1.165, 1.54) is 24.3 Å². The van der Waals surface area contributed by atoms with Gasteiger partial charge in [-0.2, -0.15) is 0 Å². The third-order valence-corrected chi connectivity index (χ3v) is 5.33. The lowest BCUT2D eigenvalue weighted by atomic mass is 9.82. The van der Waals surface area contributed by atoms with Gasteiger partial charge in [0, 0.05) is 23.2 Å². The number of rotatable bonds is 6. The predicted molar refractivity (Wildman–Crippen MR) is 117 cm³/mol. The van der Waals surface area contributed by atoms with Crippen molar-refractivity contribution >= 4 is 23.2 Å². The summed E-state index contributed by atoms with van der Waals surface area (Å²) in [7, 11) is 0. The van der Waals surface area contributed by atoms with Gasteiger partial charge < -0.3 is 20.3 Å². The third-order valence-electron chi connectivity index (χ3n) is 5.33. The van der Waals surface area contributed by atoms with Crippen LogP contribution in [0.1, 0.15) is 44.3 Å². The van der Waals surface area contributed by atoms with E-state index >= 15 is 0 Å². The molecule has 0 saturated carbocycles. The molecular weight excluding hydrogens is 410 g/mol. The second kappa shape index (κ2) is 8.55. The molecule has 0 spiro atoms. The van der Waals surface area contributed by atoms with Crippen LogP contribution in [0, 0.1) is 0 Å². The minimum Gasteiger partial charge on any atom is -0.508 e. The normalized spacial score (nSPS) is 13.2. The van der Waals surface area contributed by atoms with E-state index in [9.17, 15) is 24.6 Å². The van der Waals surface area contributed by atoms with Gasteiger partial charge in [-0.05, 0) is 36.8 Å². The van der Waals surface area contributed by atoms with Crippen LogP contribution in [0.25, 0.3) is 0 Å². The smallest absolute Gasteiger partial charge is 0.328 e. The van der Waals surface area contributed by atoms with Crippen LogP contribution in [0.2, 0.25) is 0 Å². The summed E-state index contributed by atoms with van der Waals surface area (Å²) in [5.41, 5.74) is 1.41. The number of carbonyl (C=O) groups excluding carboxylic acids is 3. The Kier molecular flexibility index (Phi) is 5.64. The average molecular weight is 431 g/mol. The number of nitrogens with one attached hydrogen (secondary N) is 1. The second-order valence-electron chi connectivity index (χ2n) is 7.41. The van der Waals surface area contributed by atoms with Crippen molar-refractivity contribution in [2.75, 3.05) is 11.9 Å². The molecule has 3 aromatic rings. The van der Waals surface area contributed by atoms with Gasteiger partial charge in [0.2, 0.25) is 0 Å². The maximum absolute atomic E-state index is 13.3. The van der Waals surface area contributed by atoms with Crippen molar-refractivity contribution in [2.24, 2.45) is 0 Å². The molecule has 1 aliphatic carbocycles. The van der Waals surface area contributed by atoms with Gasteiger partial charge in [0.1, 0.15) is 17.5 Å². The van der Waals surface area contributed by atoms with Crippen LogP contribution in [-0.2, 0) is 16.0 Å². The maximum Gasteiger partial charge on any atom is 0.328 e. The lowest BCUT2D eigenvalue weighted by Crippen LogP contribution is -2.35. The van der Waals surface area contributed by atoms with Gasteiger partial charge >= 0.3 is 5.97 Å². The molecule has 0 aliphatic heterocycles. The molecule has 3 N–H and O–H groups in total. The lowest BCUT2D eigenvalue weighted by molar-refractivity contribution is -0.144. The molecular formula is C25H21NO6. The van der Waals surface area contributed by atoms with Gasteiger partial charge in [-0.1, -0.05) is 36.4 Å². The van der Waals surface area contributed by atoms with E-state index in [-0.39, 0.29) is 52.5 Å². The monoisotopic (exact) mass is 431 g/mol. The zero-order chi connectivity index (χ0) is 22.8. The number of fused-ring (bicyclic) bond motifs is 2. The molecule has 0 amide bonds. The highest BCUT2D eigenvalue weighted by Crippen LogP contribution is 2.37. The zero-order valence-corrected chi connectivity index (χ0v) is 17.3. The predicted octanol–water partition coefficient (Wildman–Crippen LogP) is 3.46. The summed E-state index contributed by atoms with van der Waals surface area (Å²) in [4.78, 5) is 38.9. The summed E-state index contributed by atoms with van der Waals surface area (Å²) >= 11 is 0. The third kappa shape index (κ3) is 3.80. The van der Waals surface area contributed by atoms with Crippen molar-refractivity contribution in [3.8, 4) is 11.5 Å². The first kappa shape index (κ1) is 21.1. The molecule has 32 heavy (non-hydrogen) atoms. The van der Waals surface area contributed by atoms with Crippen molar-refractivity contribution < 1.29 is 29.3 Å². The Morgan fingerprint density at radius 2 is 1.53 bits per heavy atom. The maximum atomic E-state index is 13.3. The minimum atomic E-state index is -0.867. The summed E-state index contributed by atoms with van der Waals surface area (Å²) in [6.07, 6.45) is 0.216. The molecule has 0 radical (unpaired) electrons. The molecule has 0 saturated heterocycles. The van der Waals surface area contributed by atoms with E-state index in [2.05, 4.69) is 5.32 Å². The van der Waals surface area contributed by atoms with Gasteiger partial charge in [0.25, 0.3) is 0 Å². The van der Waals surface area contributed by atoms with Crippen LogP contribution in [-0.4, -0.2) is 40.4 Å². The molecule has 0 bridgehead atoms. The molecule has 4 rings (SSSR count). The van der Waals surface area contributed by atoms with E-state index in [0.717, 1.165) is 5.56 Å². The molecule has 1 unspecified atom stereocenters. The Hall–Kier alpha value is -4.13. The number of aromatic hydroxyl groups is 2. The summed E-state index contributed by atoms with van der Waals surface area (Å²) < 4.78 is 5.19. The Morgan fingerprint density at radius 1 is 0.906 bits per heavy atom.